The summed E-state index contributed by atoms with van der Waals surface area (Å²) in [6.07, 6.45) is 1.69. The van der Waals surface area contributed by atoms with Crippen LogP contribution in [-0.2, 0) is 0 Å². The zero-order chi connectivity index (χ0) is 23.8. The predicted octanol–water partition coefficient (Wildman–Crippen LogP) is 4.55. The first-order chi connectivity index (χ1) is 16.7. The molecule has 0 fully saturated rings. The van der Waals surface area contributed by atoms with Gasteiger partial charge < -0.3 is 9.64 Å². The molecule has 7 nitrogen and oxygen atoms in total. The lowest BCUT2D eigenvalue weighted by atomic mass is 10.2. The van der Waals surface area contributed by atoms with Crippen LogP contribution in [0.1, 0.15) is 19.4 Å². The number of hydrogen-bond donors (Lipinski definition) is 1. The molecule has 4 aromatic rings. The Morgan fingerprint density at radius 3 is 2.41 bits per heavy atom. The standard InChI is InChI=1S/C27H29N5O2/c1-3-31(4-2)18-19-34-23-16-14-21(15-17-23)20-28-30-27-29-25-13-9-8-12-24(25)26(33)32(27)22-10-6-5-7-11-22/h5-17,20H,3-4,18-19H2,1-2H3,(H,29,30)/b28-20-. The van der Waals surface area contributed by atoms with Crippen molar-refractivity contribution in [3.63, 3.8) is 0 Å². The second-order valence-electron chi connectivity index (χ2n) is 7.74. The SMILES string of the molecule is CCN(CC)CCOc1ccc(/C=N\Nc2nc3ccccc3c(=O)n2-c2ccccc2)cc1. The molecule has 0 saturated carbocycles. The number of nitrogens with one attached hydrogen (secondary N) is 1. The Hall–Kier alpha value is -3.97. The van der Waals surface area contributed by atoms with Crippen molar-refractivity contribution >= 4 is 23.1 Å². The molecule has 0 saturated heterocycles. The summed E-state index contributed by atoms with van der Waals surface area (Å²) in [6, 6.07) is 24.4. The maximum atomic E-state index is 13.2. The fourth-order valence-corrected chi connectivity index (χ4v) is 3.67. The fourth-order valence-electron chi connectivity index (χ4n) is 3.67. The summed E-state index contributed by atoms with van der Waals surface area (Å²) in [5, 5.41) is 4.89. The zero-order valence-electron chi connectivity index (χ0n) is 19.5. The molecule has 174 valence electrons. The van der Waals surface area contributed by atoms with E-state index in [1.807, 2.05) is 72.8 Å². The molecule has 3 aromatic carbocycles. The van der Waals surface area contributed by atoms with Crippen LogP contribution in [0.25, 0.3) is 16.6 Å². The van der Waals surface area contributed by atoms with Crippen LogP contribution in [0.3, 0.4) is 0 Å². The molecule has 4 rings (SSSR count). The normalized spacial score (nSPS) is 11.4. The van der Waals surface area contributed by atoms with Crippen LogP contribution < -0.4 is 15.7 Å². The van der Waals surface area contributed by atoms with E-state index < -0.39 is 0 Å². The van der Waals surface area contributed by atoms with Crippen LogP contribution in [0.2, 0.25) is 0 Å². The van der Waals surface area contributed by atoms with Crippen molar-refractivity contribution in [3.8, 4) is 11.4 Å². The number of anilines is 1. The highest BCUT2D eigenvalue weighted by atomic mass is 16.5. The van der Waals surface area contributed by atoms with E-state index in [2.05, 4.69) is 34.3 Å². The summed E-state index contributed by atoms with van der Waals surface area (Å²) in [4.78, 5) is 20.2. The van der Waals surface area contributed by atoms with Crippen LogP contribution in [0.5, 0.6) is 5.75 Å². The summed E-state index contributed by atoms with van der Waals surface area (Å²) in [7, 11) is 0. The summed E-state index contributed by atoms with van der Waals surface area (Å²) < 4.78 is 7.37. The Kier molecular flexibility index (Phi) is 7.67. The van der Waals surface area contributed by atoms with Gasteiger partial charge in [0, 0.05) is 6.54 Å². The molecule has 0 unspecified atom stereocenters. The van der Waals surface area contributed by atoms with E-state index in [4.69, 9.17) is 4.74 Å². The van der Waals surface area contributed by atoms with E-state index in [1.54, 1.807) is 12.3 Å². The monoisotopic (exact) mass is 455 g/mol. The lowest BCUT2D eigenvalue weighted by molar-refractivity contribution is 0.223. The van der Waals surface area contributed by atoms with Crippen molar-refractivity contribution in [2.24, 2.45) is 5.10 Å². The first kappa shape index (κ1) is 23.2. The molecule has 1 N–H and O–H groups in total. The first-order valence-corrected chi connectivity index (χ1v) is 11.5. The van der Waals surface area contributed by atoms with E-state index in [0.29, 0.717) is 23.5 Å². The van der Waals surface area contributed by atoms with E-state index in [-0.39, 0.29) is 5.56 Å². The largest absolute Gasteiger partial charge is 0.492 e. The van der Waals surface area contributed by atoms with Gasteiger partial charge in [-0.3, -0.25) is 4.79 Å². The van der Waals surface area contributed by atoms with E-state index in [9.17, 15) is 4.79 Å². The number of ether oxygens (including phenoxy) is 1. The number of para-hydroxylation sites is 2. The molecule has 7 heteroatoms. The van der Waals surface area contributed by atoms with E-state index >= 15 is 0 Å². The molecule has 0 amide bonds. The van der Waals surface area contributed by atoms with Crippen molar-refractivity contribution in [1.29, 1.82) is 0 Å². The maximum absolute atomic E-state index is 13.2. The van der Waals surface area contributed by atoms with Gasteiger partial charge in [-0.05, 0) is 67.2 Å². The zero-order valence-corrected chi connectivity index (χ0v) is 19.5. The van der Waals surface area contributed by atoms with Crippen LogP contribution in [-0.4, -0.2) is 46.9 Å². The second-order valence-corrected chi connectivity index (χ2v) is 7.74. The summed E-state index contributed by atoms with van der Waals surface area (Å²) in [5.41, 5.74) is 5.03. The third-order valence-corrected chi connectivity index (χ3v) is 5.62. The van der Waals surface area contributed by atoms with Gasteiger partial charge in [-0.15, -0.1) is 0 Å². The topological polar surface area (TPSA) is 71.8 Å². The van der Waals surface area contributed by atoms with Gasteiger partial charge in [0.2, 0.25) is 5.95 Å². The average molecular weight is 456 g/mol. The van der Waals surface area contributed by atoms with Crippen molar-refractivity contribution in [2.75, 3.05) is 31.7 Å². The predicted molar refractivity (Wildman–Crippen MR) is 138 cm³/mol. The van der Waals surface area contributed by atoms with Gasteiger partial charge in [-0.25, -0.2) is 15.0 Å². The van der Waals surface area contributed by atoms with Crippen LogP contribution in [0.4, 0.5) is 5.95 Å². The van der Waals surface area contributed by atoms with Gasteiger partial charge in [0.1, 0.15) is 12.4 Å². The minimum atomic E-state index is -0.152. The third kappa shape index (κ3) is 5.50. The van der Waals surface area contributed by atoms with Crippen molar-refractivity contribution in [1.82, 2.24) is 14.5 Å². The molecule has 1 heterocycles. The fraction of sp³-hybridized carbons (Fsp3) is 0.222. The minimum absolute atomic E-state index is 0.152. The number of nitrogens with zero attached hydrogens (tertiary/aromatic N) is 4. The van der Waals surface area contributed by atoms with Gasteiger partial charge in [0.15, 0.2) is 0 Å². The Labute approximate surface area is 199 Å². The van der Waals surface area contributed by atoms with Gasteiger partial charge in [-0.2, -0.15) is 5.10 Å². The van der Waals surface area contributed by atoms with Crippen LogP contribution in [0.15, 0.2) is 88.8 Å². The Morgan fingerprint density at radius 2 is 1.68 bits per heavy atom. The van der Waals surface area contributed by atoms with Gasteiger partial charge in [0.05, 0.1) is 22.8 Å². The highest BCUT2D eigenvalue weighted by Gasteiger charge is 2.12. The molecule has 0 spiro atoms. The molecule has 0 aliphatic rings. The average Bonchev–Trinajstić information content (AvgIpc) is 2.88. The number of likely N-dealkylation sites (N-methyl/N-ethyl adjacent to an activating group) is 1. The van der Waals surface area contributed by atoms with Gasteiger partial charge >= 0.3 is 0 Å². The van der Waals surface area contributed by atoms with E-state index in [1.165, 1.54) is 4.57 Å². The number of hydrogen-bond acceptors (Lipinski definition) is 6. The quantitative estimate of drug-likeness (QED) is 0.281. The third-order valence-electron chi connectivity index (χ3n) is 5.62. The Morgan fingerprint density at radius 1 is 0.971 bits per heavy atom. The van der Waals surface area contributed by atoms with Crippen LogP contribution >= 0.6 is 0 Å². The number of rotatable bonds is 10. The second kappa shape index (κ2) is 11.2. The summed E-state index contributed by atoms with van der Waals surface area (Å²) >= 11 is 0. The minimum Gasteiger partial charge on any atom is -0.492 e. The lowest BCUT2D eigenvalue weighted by Crippen LogP contribution is -2.27. The van der Waals surface area contributed by atoms with Crippen molar-refractivity contribution in [2.45, 2.75) is 13.8 Å². The van der Waals surface area contributed by atoms with Crippen molar-refractivity contribution < 1.29 is 4.74 Å². The molecule has 1 aromatic heterocycles. The number of hydrazone groups is 1. The molecule has 34 heavy (non-hydrogen) atoms. The van der Waals surface area contributed by atoms with Crippen molar-refractivity contribution in [3.05, 3.63) is 94.8 Å². The lowest BCUT2D eigenvalue weighted by Gasteiger charge is -2.17. The molecule has 0 bridgehead atoms. The smallest absolute Gasteiger partial charge is 0.267 e. The van der Waals surface area contributed by atoms with Gasteiger partial charge in [0.25, 0.3) is 5.56 Å². The Balaban J connectivity index is 1.50. The molecular weight excluding hydrogens is 426 g/mol. The van der Waals surface area contributed by atoms with E-state index in [0.717, 1.165) is 36.6 Å². The number of benzene rings is 3. The molecule has 0 radical (unpaired) electrons. The molecule has 0 aliphatic carbocycles. The Bertz CT molecular complexity index is 1300. The highest BCUT2D eigenvalue weighted by Crippen LogP contribution is 2.16. The molecular formula is C27H29N5O2. The summed E-state index contributed by atoms with van der Waals surface area (Å²) in [5.74, 6) is 1.17. The number of aromatic nitrogens is 2. The van der Waals surface area contributed by atoms with Crippen LogP contribution in [0, 0.1) is 0 Å². The molecule has 0 atom stereocenters. The maximum Gasteiger partial charge on any atom is 0.267 e. The van der Waals surface area contributed by atoms with Gasteiger partial charge in [-0.1, -0.05) is 44.2 Å². The summed E-state index contributed by atoms with van der Waals surface area (Å²) in [6.45, 7) is 7.90. The molecule has 0 aliphatic heterocycles. The first-order valence-electron chi connectivity index (χ1n) is 11.5. The highest BCUT2D eigenvalue weighted by molar-refractivity contribution is 5.81. The number of fused-ring (bicyclic) bond motifs is 1.